The van der Waals surface area contributed by atoms with E-state index in [9.17, 15) is 4.39 Å². The molecule has 2 aromatic heterocycles. The highest BCUT2D eigenvalue weighted by atomic mass is 19.1. The lowest BCUT2D eigenvalue weighted by Gasteiger charge is -2.11. The van der Waals surface area contributed by atoms with Crippen molar-refractivity contribution < 1.29 is 8.91 Å². The van der Waals surface area contributed by atoms with Crippen LogP contribution >= 0.6 is 0 Å². The van der Waals surface area contributed by atoms with Gasteiger partial charge in [0.15, 0.2) is 0 Å². The van der Waals surface area contributed by atoms with Crippen molar-refractivity contribution in [3.8, 4) is 11.1 Å². The van der Waals surface area contributed by atoms with Crippen LogP contribution in [0.25, 0.3) is 11.1 Å². The normalized spacial score (nSPS) is 12.5. The highest BCUT2D eigenvalue weighted by Gasteiger charge is 2.16. The van der Waals surface area contributed by atoms with Crippen LogP contribution in [0.1, 0.15) is 24.1 Å². The first-order valence-electron chi connectivity index (χ1n) is 9.43. The number of nitrogens with zero attached hydrogens (tertiary/aromatic N) is 3. The van der Waals surface area contributed by atoms with Crippen LogP contribution in [0.15, 0.2) is 88.6 Å². The zero-order chi connectivity index (χ0) is 20.9. The molecule has 3 N–H and O–H groups in total. The molecule has 2 heterocycles. The van der Waals surface area contributed by atoms with E-state index >= 15 is 0 Å². The number of halogens is 1. The SMILES string of the molecule is CC(c1ccc(-c2ccccc2)c(F)c1)c1cc(N=C(N)Nc2cccnc2)on1. The summed E-state index contributed by atoms with van der Waals surface area (Å²) in [5, 5.41) is 6.98. The first-order valence-corrected chi connectivity index (χ1v) is 9.43. The third-order valence-corrected chi connectivity index (χ3v) is 4.70. The molecule has 30 heavy (non-hydrogen) atoms. The fourth-order valence-electron chi connectivity index (χ4n) is 3.09. The van der Waals surface area contributed by atoms with Gasteiger partial charge in [0.2, 0.25) is 5.96 Å². The topological polar surface area (TPSA) is 89.3 Å². The van der Waals surface area contributed by atoms with Gasteiger partial charge in [-0.25, -0.2) is 4.39 Å². The van der Waals surface area contributed by atoms with Crippen molar-refractivity contribution in [3.05, 3.63) is 96.2 Å². The van der Waals surface area contributed by atoms with Crippen LogP contribution in [0.3, 0.4) is 0 Å². The summed E-state index contributed by atoms with van der Waals surface area (Å²) in [6.07, 6.45) is 3.29. The van der Waals surface area contributed by atoms with Gasteiger partial charge < -0.3 is 15.6 Å². The Morgan fingerprint density at radius 3 is 2.67 bits per heavy atom. The van der Waals surface area contributed by atoms with Crippen molar-refractivity contribution in [3.63, 3.8) is 0 Å². The molecule has 7 heteroatoms. The molecule has 0 aliphatic rings. The van der Waals surface area contributed by atoms with E-state index in [0.29, 0.717) is 16.9 Å². The highest BCUT2D eigenvalue weighted by Crippen LogP contribution is 2.30. The summed E-state index contributed by atoms with van der Waals surface area (Å²) < 4.78 is 20.0. The Morgan fingerprint density at radius 1 is 1.10 bits per heavy atom. The van der Waals surface area contributed by atoms with Crippen molar-refractivity contribution in [2.45, 2.75) is 12.8 Å². The molecule has 4 rings (SSSR count). The predicted octanol–water partition coefficient (Wildman–Crippen LogP) is 5.09. The number of benzene rings is 2. The molecule has 0 radical (unpaired) electrons. The molecule has 0 aliphatic carbocycles. The van der Waals surface area contributed by atoms with Gasteiger partial charge in [-0.1, -0.05) is 54.5 Å². The Kier molecular flexibility index (Phi) is 5.52. The second-order valence-corrected chi connectivity index (χ2v) is 6.78. The van der Waals surface area contributed by atoms with Crippen LogP contribution in [-0.2, 0) is 0 Å². The monoisotopic (exact) mass is 401 g/mol. The Morgan fingerprint density at radius 2 is 1.93 bits per heavy atom. The third kappa shape index (κ3) is 4.35. The number of nitrogens with one attached hydrogen (secondary N) is 1. The number of rotatable bonds is 5. The van der Waals surface area contributed by atoms with E-state index in [1.165, 1.54) is 6.07 Å². The van der Waals surface area contributed by atoms with E-state index in [0.717, 1.165) is 11.1 Å². The molecule has 0 bridgehead atoms. The average molecular weight is 401 g/mol. The number of aliphatic imine (C=N–C) groups is 1. The van der Waals surface area contributed by atoms with Gasteiger partial charge in [0.25, 0.3) is 5.88 Å². The zero-order valence-electron chi connectivity index (χ0n) is 16.3. The van der Waals surface area contributed by atoms with Crippen LogP contribution in [0.4, 0.5) is 16.0 Å². The van der Waals surface area contributed by atoms with Gasteiger partial charge in [-0.05, 0) is 29.3 Å². The number of hydrogen-bond donors (Lipinski definition) is 2. The molecule has 0 saturated carbocycles. The largest absolute Gasteiger partial charge is 0.369 e. The number of anilines is 1. The quantitative estimate of drug-likeness (QED) is 0.359. The number of aromatic nitrogens is 2. The van der Waals surface area contributed by atoms with Crippen LogP contribution in [0.2, 0.25) is 0 Å². The number of pyridine rings is 1. The Labute approximate surface area is 173 Å². The molecule has 6 nitrogen and oxygen atoms in total. The molecule has 2 aromatic carbocycles. The van der Waals surface area contributed by atoms with Gasteiger partial charge in [-0.3, -0.25) is 4.98 Å². The molecule has 0 amide bonds. The molecular formula is C23H20FN5O. The van der Waals surface area contributed by atoms with E-state index in [4.69, 9.17) is 10.3 Å². The minimum atomic E-state index is -0.280. The van der Waals surface area contributed by atoms with E-state index in [1.807, 2.05) is 49.4 Å². The van der Waals surface area contributed by atoms with Gasteiger partial charge in [0.05, 0.1) is 17.6 Å². The summed E-state index contributed by atoms with van der Waals surface area (Å²) in [6, 6.07) is 19.9. The van der Waals surface area contributed by atoms with Gasteiger partial charge in [0, 0.05) is 23.7 Å². The zero-order valence-corrected chi connectivity index (χ0v) is 16.3. The summed E-state index contributed by atoms with van der Waals surface area (Å²) >= 11 is 0. The standard InChI is InChI=1S/C23H20FN5O/c1-15(17-9-10-19(20(24)12-17)16-6-3-2-4-7-16)21-13-22(30-29-21)28-23(25)27-18-8-5-11-26-14-18/h2-15H,1H3,(H3,25,27,28). The lowest BCUT2D eigenvalue weighted by atomic mass is 9.95. The van der Waals surface area contributed by atoms with Gasteiger partial charge in [-0.2, -0.15) is 4.99 Å². The van der Waals surface area contributed by atoms with Crippen LogP contribution < -0.4 is 11.1 Å². The fourth-order valence-corrected chi connectivity index (χ4v) is 3.09. The maximum atomic E-state index is 14.7. The summed E-state index contributed by atoms with van der Waals surface area (Å²) in [7, 11) is 0. The second-order valence-electron chi connectivity index (χ2n) is 6.78. The van der Waals surface area contributed by atoms with E-state index in [-0.39, 0.29) is 23.6 Å². The molecule has 1 unspecified atom stereocenters. The second kappa shape index (κ2) is 8.57. The summed E-state index contributed by atoms with van der Waals surface area (Å²) in [4.78, 5) is 8.17. The molecule has 1 atom stereocenters. The predicted molar refractivity (Wildman–Crippen MR) is 115 cm³/mol. The average Bonchev–Trinajstić information content (AvgIpc) is 3.22. The number of hydrogen-bond acceptors (Lipinski definition) is 4. The minimum Gasteiger partial charge on any atom is -0.369 e. The number of guanidine groups is 1. The Bertz CT molecular complexity index is 1160. The van der Waals surface area contributed by atoms with Gasteiger partial charge in [0.1, 0.15) is 5.82 Å². The minimum absolute atomic E-state index is 0.150. The first kappa shape index (κ1) is 19.3. The molecule has 150 valence electrons. The summed E-state index contributed by atoms with van der Waals surface area (Å²) in [5.74, 6) is -0.0505. The van der Waals surface area contributed by atoms with Crippen LogP contribution in [0.5, 0.6) is 0 Å². The highest BCUT2D eigenvalue weighted by molar-refractivity contribution is 5.93. The molecule has 0 spiro atoms. The smallest absolute Gasteiger partial charge is 0.253 e. The molecule has 0 saturated heterocycles. The fraction of sp³-hybridized carbons (Fsp3) is 0.0870. The Hall–Kier alpha value is -4.00. The van der Waals surface area contributed by atoms with E-state index in [2.05, 4.69) is 20.4 Å². The summed E-state index contributed by atoms with van der Waals surface area (Å²) in [6.45, 7) is 1.93. The van der Waals surface area contributed by atoms with Gasteiger partial charge in [-0.15, -0.1) is 0 Å². The summed E-state index contributed by atoms with van der Waals surface area (Å²) in [5.41, 5.74) is 9.43. The molecule has 4 aromatic rings. The van der Waals surface area contributed by atoms with Crippen LogP contribution in [-0.4, -0.2) is 16.1 Å². The third-order valence-electron chi connectivity index (χ3n) is 4.70. The lowest BCUT2D eigenvalue weighted by molar-refractivity contribution is 0.419. The van der Waals surface area contributed by atoms with Crippen molar-refractivity contribution >= 4 is 17.5 Å². The van der Waals surface area contributed by atoms with Gasteiger partial charge >= 0.3 is 0 Å². The number of nitrogens with two attached hydrogens (primary N) is 1. The van der Waals surface area contributed by atoms with Crippen LogP contribution in [0, 0.1) is 5.82 Å². The van der Waals surface area contributed by atoms with Crippen molar-refractivity contribution in [1.29, 1.82) is 0 Å². The van der Waals surface area contributed by atoms with Crippen molar-refractivity contribution in [2.75, 3.05) is 5.32 Å². The maximum Gasteiger partial charge on any atom is 0.253 e. The van der Waals surface area contributed by atoms with E-state index in [1.54, 1.807) is 30.6 Å². The maximum absolute atomic E-state index is 14.7. The lowest BCUT2D eigenvalue weighted by Crippen LogP contribution is -2.21. The first-order chi connectivity index (χ1) is 14.6. The molecule has 0 aliphatic heterocycles. The molecular weight excluding hydrogens is 381 g/mol. The van der Waals surface area contributed by atoms with Crippen molar-refractivity contribution in [1.82, 2.24) is 10.1 Å². The molecule has 0 fully saturated rings. The Balaban J connectivity index is 1.50. The van der Waals surface area contributed by atoms with Crippen molar-refractivity contribution in [2.24, 2.45) is 10.7 Å². The van der Waals surface area contributed by atoms with E-state index < -0.39 is 0 Å².